The third-order valence-corrected chi connectivity index (χ3v) is 5.68. The number of urea groups is 1. The molecule has 0 aliphatic carbocycles. The summed E-state index contributed by atoms with van der Waals surface area (Å²) in [5, 5.41) is 15.2. The van der Waals surface area contributed by atoms with E-state index < -0.39 is 0 Å². The van der Waals surface area contributed by atoms with Crippen LogP contribution in [0.2, 0.25) is 0 Å². The topological polar surface area (TPSA) is 87.2 Å². The van der Waals surface area contributed by atoms with Crippen LogP contribution in [0.4, 0.5) is 15.6 Å². The smallest absolute Gasteiger partial charge is 0.321 e. The summed E-state index contributed by atoms with van der Waals surface area (Å²) in [5.74, 6) is -0.197. The highest BCUT2D eigenvalue weighted by Gasteiger charge is 2.17. The van der Waals surface area contributed by atoms with E-state index in [1.165, 1.54) is 11.3 Å². The van der Waals surface area contributed by atoms with E-state index in [1.807, 2.05) is 69.3 Å². The number of amides is 3. The Morgan fingerprint density at radius 3 is 2.32 bits per heavy atom. The van der Waals surface area contributed by atoms with Crippen molar-refractivity contribution in [3.8, 4) is 10.6 Å². The van der Waals surface area contributed by atoms with E-state index in [1.54, 1.807) is 4.90 Å². The van der Waals surface area contributed by atoms with Gasteiger partial charge >= 0.3 is 6.03 Å². The molecule has 2 N–H and O–H groups in total. The van der Waals surface area contributed by atoms with Gasteiger partial charge < -0.3 is 15.5 Å². The van der Waals surface area contributed by atoms with Gasteiger partial charge in [0.05, 0.1) is 0 Å². The van der Waals surface area contributed by atoms with Crippen LogP contribution in [0.1, 0.15) is 30.9 Å². The maximum absolute atomic E-state index is 12.8. The predicted octanol–water partition coefficient (Wildman–Crippen LogP) is 5.09. The van der Waals surface area contributed by atoms with Gasteiger partial charge in [-0.1, -0.05) is 66.8 Å². The van der Waals surface area contributed by atoms with Crippen LogP contribution in [-0.2, 0) is 4.79 Å². The number of carbonyl (C=O) groups excluding carboxylic acids is 2. The van der Waals surface area contributed by atoms with E-state index in [-0.39, 0.29) is 18.4 Å². The van der Waals surface area contributed by atoms with Gasteiger partial charge in [-0.3, -0.25) is 4.79 Å². The van der Waals surface area contributed by atoms with E-state index in [4.69, 9.17) is 0 Å². The minimum absolute atomic E-state index is 0.181. The van der Waals surface area contributed by atoms with Crippen molar-refractivity contribution >= 4 is 34.1 Å². The molecule has 0 aliphatic heterocycles. The van der Waals surface area contributed by atoms with Crippen LogP contribution >= 0.6 is 11.3 Å². The van der Waals surface area contributed by atoms with Gasteiger partial charge in [0.15, 0.2) is 0 Å². The van der Waals surface area contributed by atoms with Gasteiger partial charge in [-0.25, -0.2) is 4.79 Å². The average molecular weight is 438 g/mol. The van der Waals surface area contributed by atoms with Gasteiger partial charge in [0.25, 0.3) is 0 Å². The highest BCUT2D eigenvalue weighted by atomic mass is 32.1. The van der Waals surface area contributed by atoms with Gasteiger partial charge in [0, 0.05) is 30.8 Å². The lowest BCUT2D eigenvalue weighted by Gasteiger charge is -2.23. The predicted molar refractivity (Wildman–Crippen MR) is 125 cm³/mol. The standard InChI is InChI=1S/C23H27N5O2S/c1-4-14-28(23(30)25-20-16(2)9-8-10-17(20)3)15-13-19(29)24-22-27-26-21(31-22)18-11-6-5-7-12-18/h5-12H,4,13-15H2,1-3H3,(H,25,30)(H,24,27,29). The second-order valence-electron chi connectivity index (χ2n) is 7.26. The van der Waals surface area contributed by atoms with Crippen LogP contribution in [0.15, 0.2) is 48.5 Å². The molecule has 1 heterocycles. The van der Waals surface area contributed by atoms with E-state index in [2.05, 4.69) is 20.8 Å². The Hall–Kier alpha value is -3.26. The third kappa shape index (κ3) is 6.11. The van der Waals surface area contributed by atoms with Crippen LogP contribution < -0.4 is 10.6 Å². The number of hydrogen-bond donors (Lipinski definition) is 2. The van der Waals surface area contributed by atoms with E-state index in [0.29, 0.717) is 18.2 Å². The summed E-state index contributed by atoms with van der Waals surface area (Å²) in [4.78, 5) is 26.9. The van der Waals surface area contributed by atoms with Crippen LogP contribution in [0.3, 0.4) is 0 Å². The quantitative estimate of drug-likeness (QED) is 0.514. The van der Waals surface area contributed by atoms with Gasteiger partial charge in [0.2, 0.25) is 11.0 Å². The molecule has 1 aromatic heterocycles. The fourth-order valence-electron chi connectivity index (χ4n) is 3.17. The first-order valence-corrected chi connectivity index (χ1v) is 11.1. The lowest BCUT2D eigenvalue weighted by atomic mass is 10.1. The monoisotopic (exact) mass is 437 g/mol. The van der Waals surface area contributed by atoms with Crippen molar-refractivity contribution in [2.75, 3.05) is 23.7 Å². The molecular formula is C23H27N5O2S. The van der Waals surface area contributed by atoms with Crippen molar-refractivity contribution in [3.63, 3.8) is 0 Å². The Bertz CT molecular complexity index is 1020. The zero-order valence-electron chi connectivity index (χ0n) is 18.0. The minimum Gasteiger partial charge on any atom is -0.324 e. The first kappa shape index (κ1) is 22.4. The maximum Gasteiger partial charge on any atom is 0.321 e. The van der Waals surface area contributed by atoms with Crippen molar-refractivity contribution in [3.05, 3.63) is 59.7 Å². The number of aromatic nitrogens is 2. The number of para-hydroxylation sites is 1. The summed E-state index contributed by atoms with van der Waals surface area (Å²) in [6.07, 6.45) is 0.985. The summed E-state index contributed by atoms with van der Waals surface area (Å²) in [7, 11) is 0. The lowest BCUT2D eigenvalue weighted by molar-refractivity contribution is -0.116. The van der Waals surface area contributed by atoms with Crippen molar-refractivity contribution in [1.29, 1.82) is 0 Å². The second kappa shape index (κ2) is 10.7. The first-order chi connectivity index (χ1) is 15.0. The van der Waals surface area contributed by atoms with Crippen molar-refractivity contribution in [1.82, 2.24) is 15.1 Å². The molecule has 0 spiro atoms. The third-order valence-electron chi connectivity index (χ3n) is 4.79. The van der Waals surface area contributed by atoms with Gasteiger partial charge in [0.1, 0.15) is 5.01 Å². The molecule has 7 nitrogen and oxygen atoms in total. The van der Waals surface area contributed by atoms with Crippen LogP contribution in [0, 0.1) is 13.8 Å². The van der Waals surface area contributed by atoms with Crippen molar-refractivity contribution in [2.45, 2.75) is 33.6 Å². The zero-order valence-corrected chi connectivity index (χ0v) is 18.8. The molecular weight excluding hydrogens is 410 g/mol. The first-order valence-electron chi connectivity index (χ1n) is 10.3. The molecule has 0 atom stereocenters. The highest BCUT2D eigenvalue weighted by molar-refractivity contribution is 7.18. The normalized spacial score (nSPS) is 10.5. The molecule has 3 rings (SSSR count). The van der Waals surface area contributed by atoms with E-state index in [9.17, 15) is 9.59 Å². The molecule has 0 fully saturated rings. The van der Waals surface area contributed by atoms with Crippen LogP contribution in [0.5, 0.6) is 0 Å². The van der Waals surface area contributed by atoms with E-state index in [0.717, 1.165) is 33.8 Å². The average Bonchev–Trinajstić information content (AvgIpc) is 3.22. The number of rotatable bonds is 8. The summed E-state index contributed by atoms with van der Waals surface area (Å²) >= 11 is 1.32. The molecule has 3 aromatic rings. The fourth-order valence-corrected chi connectivity index (χ4v) is 3.94. The largest absolute Gasteiger partial charge is 0.324 e. The van der Waals surface area contributed by atoms with Gasteiger partial charge in [-0.15, -0.1) is 10.2 Å². The Morgan fingerprint density at radius 1 is 0.935 bits per heavy atom. The van der Waals surface area contributed by atoms with Gasteiger partial charge in [-0.2, -0.15) is 0 Å². The molecule has 3 amide bonds. The Kier molecular flexibility index (Phi) is 7.72. The Morgan fingerprint density at radius 2 is 1.65 bits per heavy atom. The zero-order chi connectivity index (χ0) is 22.2. The van der Waals surface area contributed by atoms with Crippen molar-refractivity contribution in [2.24, 2.45) is 0 Å². The molecule has 31 heavy (non-hydrogen) atoms. The maximum atomic E-state index is 12.8. The summed E-state index contributed by atoms with van der Waals surface area (Å²) in [5.41, 5.74) is 3.79. The summed E-state index contributed by atoms with van der Waals surface area (Å²) in [6.45, 7) is 6.82. The van der Waals surface area contributed by atoms with E-state index >= 15 is 0 Å². The molecule has 0 radical (unpaired) electrons. The molecule has 162 valence electrons. The molecule has 0 unspecified atom stereocenters. The number of aryl methyl sites for hydroxylation is 2. The van der Waals surface area contributed by atoms with Crippen LogP contribution in [0.25, 0.3) is 10.6 Å². The second-order valence-corrected chi connectivity index (χ2v) is 8.24. The summed E-state index contributed by atoms with van der Waals surface area (Å²) < 4.78 is 0. The molecule has 0 saturated carbocycles. The number of carbonyl (C=O) groups is 2. The Labute approximate surface area is 186 Å². The lowest BCUT2D eigenvalue weighted by Crippen LogP contribution is -2.38. The minimum atomic E-state index is -0.200. The molecule has 2 aromatic carbocycles. The number of hydrogen-bond acceptors (Lipinski definition) is 5. The number of nitrogens with one attached hydrogen (secondary N) is 2. The Balaban J connectivity index is 1.56. The number of anilines is 2. The SMILES string of the molecule is CCCN(CCC(=O)Nc1nnc(-c2ccccc2)s1)C(=O)Nc1c(C)cccc1C. The molecule has 0 saturated heterocycles. The van der Waals surface area contributed by atoms with Crippen LogP contribution in [-0.4, -0.2) is 40.1 Å². The summed E-state index contributed by atoms with van der Waals surface area (Å²) in [6, 6.07) is 15.4. The molecule has 0 bridgehead atoms. The molecule has 8 heteroatoms. The fraction of sp³-hybridized carbons (Fsp3) is 0.304. The molecule has 0 aliphatic rings. The van der Waals surface area contributed by atoms with Crippen molar-refractivity contribution < 1.29 is 9.59 Å². The highest BCUT2D eigenvalue weighted by Crippen LogP contribution is 2.26. The number of benzene rings is 2. The van der Waals surface area contributed by atoms with Gasteiger partial charge in [-0.05, 0) is 31.4 Å². The number of nitrogens with zero attached hydrogens (tertiary/aromatic N) is 3.